The molecule has 0 bridgehead atoms. The predicted octanol–water partition coefficient (Wildman–Crippen LogP) is -2.07. The van der Waals surface area contributed by atoms with Gasteiger partial charge in [0.15, 0.2) is 6.04 Å². The first-order valence-electron chi connectivity index (χ1n) is 9.55. The molecule has 11 nitrogen and oxygen atoms in total. The van der Waals surface area contributed by atoms with Crippen molar-refractivity contribution < 1.29 is 34.5 Å². The highest BCUT2D eigenvalue weighted by molar-refractivity contribution is 5.94. The highest BCUT2D eigenvalue weighted by Gasteiger charge is 2.33. The number of carbonyl (C=O) groups excluding carboxylic acids is 3. The number of aliphatic hydroxyl groups excluding tert-OH is 2. The van der Waals surface area contributed by atoms with Crippen LogP contribution in [0.4, 0.5) is 0 Å². The van der Waals surface area contributed by atoms with Crippen LogP contribution in [0.5, 0.6) is 0 Å². The number of nitrogens with one attached hydrogen (secondary N) is 3. The quantitative estimate of drug-likeness (QED) is 0.188. The molecule has 3 amide bonds. The van der Waals surface area contributed by atoms with Crippen molar-refractivity contribution in [2.45, 2.75) is 71.3 Å². The fourth-order valence-corrected chi connectivity index (χ4v) is 2.39. The Morgan fingerprint density at radius 1 is 0.897 bits per heavy atom. The zero-order valence-electron chi connectivity index (χ0n) is 17.5. The van der Waals surface area contributed by atoms with Crippen LogP contribution >= 0.6 is 0 Å². The number of rotatable bonds is 12. The van der Waals surface area contributed by atoms with Gasteiger partial charge in [0, 0.05) is 0 Å². The molecule has 0 rings (SSSR count). The van der Waals surface area contributed by atoms with Crippen molar-refractivity contribution in [2.75, 3.05) is 6.61 Å². The zero-order chi connectivity index (χ0) is 22.9. The maximum Gasteiger partial charge on any atom is 0.328 e. The molecule has 168 valence electrons. The van der Waals surface area contributed by atoms with Gasteiger partial charge in [0.25, 0.3) is 0 Å². The summed E-state index contributed by atoms with van der Waals surface area (Å²) in [6.45, 7) is 7.42. The summed E-state index contributed by atoms with van der Waals surface area (Å²) in [7, 11) is 0. The third-order valence-electron chi connectivity index (χ3n) is 4.67. The second kappa shape index (κ2) is 12.3. The Morgan fingerprint density at radius 3 is 1.79 bits per heavy atom. The fourth-order valence-electron chi connectivity index (χ4n) is 2.39. The van der Waals surface area contributed by atoms with Gasteiger partial charge in [0.1, 0.15) is 12.1 Å². The van der Waals surface area contributed by atoms with Crippen LogP contribution in [0.2, 0.25) is 0 Å². The largest absolute Gasteiger partial charge is 0.480 e. The number of carboxylic acid groups (broad SMARTS) is 1. The summed E-state index contributed by atoms with van der Waals surface area (Å²) in [5, 5.41) is 34.8. The molecule has 0 fully saturated rings. The first-order valence-corrected chi connectivity index (χ1v) is 9.55. The Labute approximate surface area is 170 Å². The molecule has 0 aliphatic heterocycles. The first-order chi connectivity index (χ1) is 13.4. The molecule has 0 aromatic rings. The van der Waals surface area contributed by atoms with Crippen LogP contribution in [0.15, 0.2) is 0 Å². The van der Waals surface area contributed by atoms with Crippen molar-refractivity contribution in [3.05, 3.63) is 0 Å². The summed E-state index contributed by atoms with van der Waals surface area (Å²) in [6, 6.07) is -4.91. The summed E-state index contributed by atoms with van der Waals surface area (Å²) in [5.41, 5.74) is 5.88. The predicted molar refractivity (Wildman–Crippen MR) is 104 cm³/mol. The highest BCUT2D eigenvalue weighted by atomic mass is 16.4. The minimum atomic E-state index is -1.61. The van der Waals surface area contributed by atoms with E-state index < -0.39 is 60.6 Å². The van der Waals surface area contributed by atoms with E-state index in [1.165, 1.54) is 6.92 Å². The van der Waals surface area contributed by atoms with Gasteiger partial charge < -0.3 is 37.0 Å². The molecule has 0 spiro atoms. The molecule has 8 N–H and O–H groups in total. The summed E-state index contributed by atoms with van der Waals surface area (Å²) >= 11 is 0. The summed E-state index contributed by atoms with van der Waals surface area (Å²) in [6.07, 6.45) is -0.718. The van der Waals surface area contributed by atoms with E-state index in [1.807, 2.05) is 13.8 Å². The van der Waals surface area contributed by atoms with Gasteiger partial charge >= 0.3 is 5.97 Å². The van der Waals surface area contributed by atoms with E-state index in [4.69, 9.17) is 10.8 Å². The van der Waals surface area contributed by atoms with Crippen molar-refractivity contribution in [3.63, 3.8) is 0 Å². The van der Waals surface area contributed by atoms with Gasteiger partial charge in [-0.25, -0.2) is 4.79 Å². The zero-order valence-corrected chi connectivity index (χ0v) is 17.5. The van der Waals surface area contributed by atoms with Crippen LogP contribution in [-0.4, -0.2) is 75.9 Å². The van der Waals surface area contributed by atoms with E-state index in [2.05, 4.69) is 16.0 Å². The number of hydrogen-bond donors (Lipinski definition) is 7. The van der Waals surface area contributed by atoms with Crippen molar-refractivity contribution >= 4 is 23.7 Å². The molecule has 29 heavy (non-hydrogen) atoms. The van der Waals surface area contributed by atoms with Crippen molar-refractivity contribution in [1.82, 2.24) is 16.0 Å². The topological polar surface area (TPSA) is 191 Å². The summed E-state index contributed by atoms with van der Waals surface area (Å²) in [5.74, 6) is -4.16. The van der Waals surface area contributed by atoms with Crippen LogP contribution in [0.1, 0.15) is 41.0 Å². The molecule has 6 unspecified atom stereocenters. The monoisotopic (exact) mass is 418 g/mol. The molecule has 0 heterocycles. The summed E-state index contributed by atoms with van der Waals surface area (Å²) < 4.78 is 0. The lowest BCUT2D eigenvalue weighted by Crippen LogP contribution is -2.60. The normalized spacial score (nSPS) is 17.4. The van der Waals surface area contributed by atoms with Crippen LogP contribution < -0.4 is 21.7 Å². The van der Waals surface area contributed by atoms with E-state index in [0.717, 1.165) is 0 Å². The lowest BCUT2D eigenvalue weighted by atomic mass is 9.97. The maximum atomic E-state index is 12.6. The smallest absolute Gasteiger partial charge is 0.328 e. The Balaban J connectivity index is 5.20. The van der Waals surface area contributed by atoms with Crippen LogP contribution in [0.25, 0.3) is 0 Å². The lowest BCUT2D eigenvalue weighted by molar-refractivity contribution is -0.145. The van der Waals surface area contributed by atoms with Gasteiger partial charge in [-0.15, -0.1) is 0 Å². The van der Waals surface area contributed by atoms with E-state index >= 15 is 0 Å². The Hall–Kier alpha value is -2.24. The molecule has 0 aromatic carbocycles. The molecule has 0 radical (unpaired) electrons. The molecule has 0 saturated heterocycles. The number of aliphatic carboxylic acids is 1. The number of carboxylic acids is 1. The van der Waals surface area contributed by atoms with Gasteiger partial charge in [-0.1, -0.05) is 34.1 Å². The van der Waals surface area contributed by atoms with Gasteiger partial charge in [-0.05, 0) is 18.8 Å². The highest BCUT2D eigenvalue weighted by Crippen LogP contribution is 2.08. The van der Waals surface area contributed by atoms with Crippen LogP contribution in [0.3, 0.4) is 0 Å². The van der Waals surface area contributed by atoms with Gasteiger partial charge in [0.2, 0.25) is 17.7 Å². The SMILES string of the molecule is CCC(C)C(N)C(=O)NC(C(=O)NC(CO)C(=O)NC(C(=O)O)C(C)O)C(C)C. The van der Waals surface area contributed by atoms with Crippen molar-refractivity contribution in [1.29, 1.82) is 0 Å². The molecular formula is C18H34N4O7. The number of nitrogens with two attached hydrogens (primary N) is 1. The van der Waals surface area contributed by atoms with E-state index in [9.17, 15) is 29.4 Å². The van der Waals surface area contributed by atoms with Gasteiger partial charge in [-0.2, -0.15) is 0 Å². The number of aliphatic hydroxyl groups is 2. The maximum absolute atomic E-state index is 12.6. The third kappa shape index (κ3) is 8.34. The molecule has 0 aromatic heterocycles. The molecule has 0 aliphatic carbocycles. The van der Waals surface area contributed by atoms with E-state index in [1.54, 1.807) is 13.8 Å². The number of hydrogen-bond acceptors (Lipinski definition) is 7. The number of amides is 3. The Bertz CT molecular complexity index is 583. The standard InChI is InChI=1S/C18H34N4O7/c1-6-9(4)12(19)16(26)21-13(8(2)3)17(27)20-11(7-23)15(25)22-14(10(5)24)18(28)29/h8-14,23-24H,6-7,19H2,1-5H3,(H,20,27)(H,21,26)(H,22,25)(H,28,29). The van der Waals surface area contributed by atoms with Crippen LogP contribution in [-0.2, 0) is 19.2 Å². The lowest BCUT2D eigenvalue weighted by Gasteiger charge is -2.27. The van der Waals surface area contributed by atoms with Crippen LogP contribution in [0, 0.1) is 11.8 Å². The molecule has 6 atom stereocenters. The molecule has 11 heteroatoms. The second-order valence-electron chi connectivity index (χ2n) is 7.45. The van der Waals surface area contributed by atoms with E-state index in [-0.39, 0.29) is 11.8 Å². The molecule has 0 aliphatic rings. The van der Waals surface area contributed by atoms with E-state index in [0.29, 0.717) is 6.42 Å². The second-order valence-corrected chi connectivity index (χ2v) is 7.45. The van der Waals surface area contributed by atoms with Gasteiger partial charge in [-0.3, -0.25) is 14.4 Å². The minimum Gasteiger partial charge on any atom is -0.480 e. The molecule has 0 saturated carbocycles. The van der Waals surface area contributed by atoms with Crippen molar-refractivity contribution in [3.8, 4) is 0 Å². The van der Waals surface area contributed by atoms with Crippen molar-refractivity contribution in [2.24, 2.45) is 17.6 Å². The fraction of sp³-hybridized carbons (Fsp3) is 0.778. The Kier molecular flexibility index (Phi) is 11.4. The average Bonchev–Trinajstić information content (AvgIpc) is 2.65. The average molecular weight is 418 g/mol. The van der Waals surface area contributed by atoms with Gasteiger partial charge in [0.05, 0.1) is 18.8 Å². The first kappa shape index (κ1) is 26.8. The Morgan fingerprint density at radius 2 is 1.41 bits per heavy atom. The molecular weight excluding hydrogens is 384 g/mol. The summed E-state index contributed by atoms with van der Waals surface area (Å²) in [4.78, 5) is 48.2. The minimum absolute atomic E-state index is 0.102. The third-order valence-corrected chi connectivity index (χ3v) is 4.67. The number of carbonyl (C=O) groups is 4.